The van der Waals surface area contributed by atoms with Crippen LogP contribution in [0, 0.1) is 5.92 Å². The molecule has 88 valence electrons. The van der Waals surface area contributed by atoms with Gasteiger partial charge in [-0.25, -0.2) is 0 Å². The molecular weight excluding hydrogens is 218 g/mol. The van der Waals surface area contributed by atoms with E-state index in [-0.39, 0.29) is 24.2 Å². The summed E-state index contributed by atoms with van der Waals surface area (Å²) >= 11 is 0. The molecule has 0 saturated carbocycles. The van der Waals surface area contributed by atoms with Gasteiger partial charge < -0.3 is 4.74 Å². The molecule has 2 heterocycles. The van der Waals surface area contributed by atoms with Crippen molar-refractivity contribution in [1.82, 2.24) is 5.32 Å². The molecule has 1 saturated heterocycles. The first kappa shape index (κ1) is 10.3. The minimum atomic E-state index is -0.730. The molecule has 2 aliphatic rings. The van der Waals surface area contributed by atoms with Gasteiger partial charge in [-0.1, -0.05) is 25.1 Å². The average Bonchev–Trinajstić information content (AvgIpc) is 2.61. The van der Waals surface area contributed by atoms with Gasteiger partial charge in [-0.2, -0.15) is 0 Å². The zero-order valence-corrected chi connectivity index (χ0v) is 9.53. The molecule has 0 aliphatic carbocycles. The summed E-state index contributed by atoms with van der Waals surface area (Å²) in [5.41, 5.74) is 0.105. The largest absolute Gasteiger partial charge is 0.493 e. The Morgan fingerprint density at radius 2 is 2.12 bits per heavy atom. The van der Waals surface area contributed by atoms with E-state index in [1.165, 1.54) is 0 Å². The molecule has 2 aliphatic heterocycles. The number of ether oxygens (including phenoxy) is 1. The van der Waals surface area contributed by atoms with Gasteiger partial charge in [0.25, 0.3) is 0 Å². The maximum atomic E-state index is 12.1. The van der Waals surface area contributed by atoms with E-state index in [4.69, 9.17) is 4.74 Å². The van der Waals surface area contributed by atoms with E-state index in [2.05, 4.69) is 5.32 Å². The van der Waals surface area contributed by atoms with Crippen LogP contribution in [-0.4, -0.2) is 18.4 Å². The van der Waals surface area contributed by atoms with Crippen molar-refractivity contribution >= 4 is 11.8 Å². The highest BCUT2D eigenvalue weighted by molar-refractivity contribution is 6.09. The van der Waals surface area contributed by atoms with Gasteiger partial charge in [-0.15, -0.1) is 0 Å². The minimum absolute atomic E-state index is 0.00356. The fourth-order valence-corrected chi connectivity index (χ4v) is 2.81. The Morgan fingerprint density at radius 1 is 1.35 bits per heavy atom. The predicted molar refractivity (Wildman–Crippen MR) is 60.5 cm³/mol. The fourth-order valence-electron chi connectivity index (χ4n) is 2.81. The number of hydrogen-bond donors (Lipinski definition) is 1. The molecule has 4 heteroatoms. The number of rotatable bonds is 0. The number of imide groups is 1. The molecule has 2 amide bonds. The monoisotopic (exact) mass is 231 g/mol. The minimum Gasteiger partial charge on any atom is -0.493 e. The summed E-state index contributed by atoms with van der Waals surface area (Å²) in [6, 6.07) is 7.47. The summed E-state index contributed by atoms with van der Waals surface area (Å²) in [6.07, 6.45) is 0.230. The van der Waals surface area contributed by atoms with E-state index in [1.54, 1.807) is 0 Å². The molecule has 2 unspecified atom stereocenters. The van der Waals surface area contributed by atoms with Crippen LogP contribution < -0.4 is 10.1 Å². The molecule has 0 bridgehead atoms. The highest BCUT2D eigenvalue weighted by atomic mass is 16.5. The molecular formula is C13H13NO3. The molecule has 1 aromatic rings. The van der Waals surface area contributed by atoms with E-state index >= 15 is 0 Å². The molecule has 4 nitrogen and oxygen atoms in total. The lowest BCUT2D eigenvalue weighted by Gasteiger charge is -2.37. The number of fused-ring (bicyclic) bond motifs is 2. The van der Waals surface area contributed by atoms with Crippen molar-refractivity contribution in [3.63, 3.8) is 0 Å². The first-order valence-electron chi connectivity index (χ1n) is 5.71. The number of amides is 2. The van der Waals surface area contributed by atoms with Crippen molar-refractivity contribution in [1.29, 1.82) is 0 Å². The van der Waals surface area contributed by atoms with Gasteiger partial charge in [-0.3, -0.25) is 14.9 Å². The Kier molecular flexibility index (Phi) is 2.02. The maximum absolute atomic E-state index is 12.1. The smallest absolute Gasteiger partial charge is 0.238 e. The van der Waals surface area contributed by atoms with Crippen molar-refractivity contribution in [2.24, 2.45) is 5.92 Å². The third kappa shape index (κ3) is 1.24. The first-order valence-corrected chi connectivity index (χ1v) is 5.71. The van der Waals surface area contributed by atoms with Crippen LogP contribution in [0.3, 0.4) is 0 Å². The van der Waals surface area contributed by atoms with E-state index in [1.807, 2.05) is 31.2 Å². The van der Waals surface area contributed by atoms with E-state index in [0.717, 1.165) is 11.3 Å². The van der Waals surface area contributed by atoms with E-state index in [0.29, 0.717) is 6.61 Å². The number of carbonyl (C=O) groups excluding carboxylic acids is 2. The fraction of sp³-hybridized carbons (Fsp3) is 0.385. The van der Waals surface area contributed by atoms with Crippen molar-refractivity contribution in [3.8, 4) is 5.75 Å². The highest BCUT2D eigenvalue weighted by Crippen LogP contribution is 2.46. The predicted octanol–water partition coefficient (Wildman–Crippen LogP) is 0.999. The third-order valence-corrected chi connectivity index (χ3v) is 3.80. The van der Waals surface area contributed by atoms with Crippen LogP contribution in [0.4, 0.5) is 0 Å². The van der Waals surface area contributed by atoms with Crippen LogP contribution in [-0.2, 0) is 15.0 Å². The number of hydrogen-bond acceptors (Lipinski definition) is 3. The van der Waals surface area contributed by atoms with Crippen LogP contribution in [0.2, 0.25) is 0 Å². The zero-order chi connectivity index (χ0) is 12.0. The molecule has 1 spiro atoms. The molecule has 2 atom stereocenters. The number of nitrogens with one attached hydrogen (secondary N) is 1. The van der Waals surface area contributed by atoms with Crippen molar-refractivity contribution in [2.45, 2.75) is 18.8 Å². The summed E-state index contributed by atoms with van der Waals surface area (Å²) in [5, 5.41) is 2.42. The summed E-state index contributed by atoms with van der Waals surface area (Å²) in [6.45, 7) is 2.42. The van der Waals surface area contributed by atoms with Crippen molar-refractivity contribution in [3.05, 3.63) is 29.8 Å². The van der Waals surface area contributed by atoms with Gasteiger partial charge in [-0.05, 0) is 6.07 Å². The number of benzene rings is 1. The Hall–Kier alpha value is -1.84. The van der Waals surface area contributed by atoms with Crippen LogP contribution in [0.5, 0.6) is 5.75 Å². The Bertz CT molecular complexity index is 511. The Morgan fingerprint density at radius 3 is 2.82 bits per heavy atom. The van der Waals surface area contributed by atoms with Crippen molar-refractivity contribution in [2.75, 3.05) is 6.61 Å². The maximum Gasteiger partial charge on any atom is 0.238 e. The second kappa shape index (κ2) is 3.32. The van der Waals surface area contributed by atoms with E-state index < -0.39 is 5.41 Å². The average molecular weight is 231 g/mol. The summed E-state index contributed by atoms with van der Waals surface area (Å²) in [7, 11) is 0. The van der Waals surface area contributed by atoms with Crippen LogP contribution in [0.15, 0.2) is 24.3 Å². The molecule has 0 aromatic heterocycles. The Balaban J connectivity index is 2.22. The first-order chi connectivity index (χ1) is 8.14. The summed E-state index contributed by atoms with van der Waals surface area (Å²) in [5.74, 6) is 0.337. The lowest BCUT2D eigenvalue weighted by atomic mass is 9.68. The van der Waals surface area contributed by atoms with Crippen LogP contribution in [0.25, 0.3) is 0 Å². The van der Waals surface area contributed by atoms with Crippen LogP contribution >= 0.6 is 0 Å². The summed E-state index contributed by atoms with van der Waals surface area (Å²) in [4.78, 5) is 23.7. The molecule has 0 radical (unpaired) electrons. The van der Waals surface area contributed by atoms with Crippen LogP contribution in [0.1, 0.15) is 18.9 Å². The second-order valence-corrected chi connectivity index (χ2v) is 4.73. The number of carbonyl (C=O) groups is 2. The standard InChI is InChI=1S/C13H13NO3/c1-8-7-17-10-5-3-2-4-9(10)13(8)6-11(15)14-12(13)16/h2-5,8H,6-7H2,1H3,(H,14,15,16). The lowest BCUT2D eigenvalue weighted by Crippen LogP contribution is -2.46. The SMILES string of the molecule is CC1COc2ccccc2C12CC(=O)NC2=O. The van der Waals surface area contributed by atoms with Gasteiger partial charge in [0.15, 0.2) is 0 Å². The summed E-state index contributed by atoms with van der Waals surface area (Å²) < 4.78 is 5.61. The van der Waals surface area contributed by atoms with Gasteiger partial charge >= 0.3 is 0 Å². The molecule has 17 heavy (non-hydrogen) atoms. The Labute approximate surface area is 99.0 Å². The van der Waals surface area contributed by atoms with E-state index in [9.17, 15) is 9.59 Å². The molecule has 1 fully saturated rings. The van der Waals surface area contributed by atoms with Gasteiger partial charge in [0.2, 0.25) is 11.8 Å². The quantitative estimate of drug-likeness (QED) is 0.678. The van der Waals surface area contributed by atoms with Crippen molar-refractivity contribution < 1.29 is 14.3 Å². The third-order valence-electron chi connectivity index (χ3n) is 3.80. The zero-order valence-electron chi connectivity index (χ0n) is 9.53. The highest BCUT2D eigenvalue weighted by Gasteiger charge is 2.54. The topological polar surface area (TPSA) is 55.4 Å². The van der Waals surface area contributed by atoms with Gasteiger partial charge in [0.05, 0.1) is 12.0 Å². The van der Waals surface area contributed by atoms with Gasteiger partial charge in [0, 0.05) is 17.9 Å². The normalized spacial score (nSPS) is 31.0. The molecule has 1 N–H and O–H groups in total. The molecule has 1 aromatic carbocycles. The number of para-hydroxylation sites is 1. The second-order valence-electron chi connectivity index (χ2n) is 4.73. The lowest BCUT2D eigenvalue weighted by molar-refractivity contribution is -0.128. The molecule has 3 rings (SSSR count). The van der Waals surface area contributed by atoms with Gasteiger partial charge in [0.1, 0.15) is 5.75 Å².